The van der Waals surface area contributed by atoms with Crippen LogP contribution in [0.15, 0.2) is 36.4 Å². The number of fused-ring (bicyclic) bond motifs is 1. The third kappa shape index (κ3) is 2.85. The molecule has 0 aliphatic heterocycles. The van der Waals surface area contributed by atoms with E-state index in [-0.39, 0.29) is 11.7 Å². The fourth-order valence-electron chi connectivity index (χ4n) is 2.09. The number of hydrogen-bond acceptors (Lipinski definition) is 3. The molecule has 1 aliphatic rings. The Labute approximate surface area is 117 Å². The summed E-state index contributed by atoms with van der Waals surface area (Å²) >= 11 is 0. The molecule has 4 heteroatoms. The summed E-state index contributed by atoms with van der Waals surface area (Å²) in [5.74, 6) is 0.763. The maximum absolute atomic E-state index is 11.8. The zero-order valence-corrected chi connectivity index (χ0v) is 11.3. The van der Waals surface area contributed by atoms with Crippen molar-refractivity contribution in [1.82, 2.24) is 5.32 Å². The third-order valence-electron chi connectivity index (χ3n) is 3.40. The predicted molar refractivity (Wildman–Crippen MR) is 76.9 cm³/mol. The first-order valence-corrected chi connectivity index (χ1v) is 6.81. The van der Waals surface area contributed by atoms with Gasteiger partial charge in [-0.2, -0.15) is 0 Å². The van der Waals surface area contributed by atoms with Gasteiger partial charge in [-0.15, -0.1) is 0 Å². The van der Waals surface area contributed by atoms with E-state index in [0.29, 0.717) is 11.8 Å². The van der Waals surface area contributed by atoms with Gasteiger partial charge in [-0.25, -0.2) is 0 Å². The second-order valence-corrected chi connectivity index (χ2v) is 5.24. The summed E-state index contributed by atoms with van der Waals surface area (Å²) in [7, 11) is 0. The van der Waals surface area contributed by atoms with E-state index in [4.69, 9.17) is 4.74 Å². The van der Waals surface area contributed by atoms with Gasteiger partial charge in [-0.3, -0.25) is 4.79 Å². The number of amides is 1. The highest BCUT2D eigenvalue weighted by molar-refractivity contribution is 5.85. The third-order valence-corrected chi connectivity index (χ3v) is 3.40. The molecule has 104 valence electrons. The number of phenols is 1. The molecule has 1 amide bonds. The van der Waals surface area contributed by atoms with Crippen LogP contribution in [0.3, 0.4) is 0 Å². The highest BCUT2D eigenvalue weighted by Crippen LogP contribution is 2.25. The van der Waals surface area contributed by atoms with E-state index >= 15 is 0 Å². The van der Waals surface area contributed by atoms with E-state index in [1.165, 1.54) is 0 Å². The monoisotopic (exact) mass is 271 g/mol. The van der Waals surface area contributed by atoms with E-state index in [1.54, 1.807) is 19.1 Å². The van der Waals surface area contributed by atoms with Crippen LogP contribution in [0.4, 0.5) is 0 Å². The normalized spacial score (nSPS) is 15.8. The number of rotatable bonds is 4. The standard InChI is InChI=1S/C16H17NO3/c1-10(16(19)17-13-4-5-13)20-15-7-3-11-2-6-14(18)8-12(11)9-15/h2-3,6-10,13,18H,4-5H2,1H3,(H,17,19). The number of ether oxygens (including phenoxy) is 1. The number of aromatic hydroxyl groups is 1. The molecule has 0 radical (unpaired) electrons. The Morgan fingerprint density at radius 1 is 1.25 bits per heavy atom. The summed E-state index contributed by atoms with van der Waals surface area (Å²) in [6.07, 6.45) is 1.60. The molecule has 1 saturated carbocycles. The molecule has 2 aromatic carbocycles. The minimum atomic E-state index is -0.523. The second-order valence-electron chi connectivity index (χ2n) is 5.24. The first-order valence-electron chi connectivity index (χ1n) is 6.81. The van der Waals surface area contributed by atoms with Crippen molar-refractivity contribution in [2.75, 3.05) is 0 Å². The smallest absolute Gasteiger partial charge is 0.260 e. The lowest BCUT2D eigenvalue weighted by Crippen LogP contribution is -2.37. The Balaban J connectivity index is 1.74. The van der Waals surface area contributed by atoms with E-state index in [1.807, 2.05) is 24.3 Å². The predicted octanol–water partition coefficient (Wildman–Crippen LogP) is 2.59. The molecule has 1 aliphatic carbocycles. The van der Waals surface area contributed by atoms with E-state index in [9.17, 15) is 9.90 Å². The Bertz CT molecular complexity index is 649. The SMILES string of the molecule is CC(Oc1ccc2ccc(O)cc2c1)C(=O)NC1CC1. The van der Waals surface area contributed by atoms with Crippen molar-refractivity contribution >= 4 is 16.7 Å². The van der Waals surface area contributed by atoms with Crippen LogP contribution in [-0.4, -0.2) is 23.2 Å². The quantitative estimate of drug-likeness (QED) is 0.898. The number of benzene rings is 2. The van der Waals surface area contributed by atoms with E-state index in [2.05, 4.69) is 5.32 Å². The number of hydrogen-bond donors (Lipinski definition) is 2. The molecule has 1 atom stereocenters. The first-order chi connectivity index (χ1) is 9.61. The Hall–Kier alpha value is -2.23. The molecule has 1 fully saturated rings. The van der Waals surface area contributed by atoms with Crippen LogP contribution in [-0.2, 0) is 4.79 Å². The number of carbonyl (C=O) groups is 1. The highest BCUT2D eigenvalue weighted by atomic mass is 16.5. The largest absolute Gasteiger partial charge is 0.508 e. The molecule has 0 saturated heterocycles. The van der Waals surface area contributed by atoms with Crippen molar-refractivity contribution in [2.45, 2.75) is 31.9 Å². The van der Waals surface area contributed by atoms with Gasteiger partial charge >= 0.3 is 0 Å². The Morgan fingerprint density at radius 3 is 2.75 bits per heavy atom. The number of phenolic OH excluding ortho intramolecular Hbond substituents is 1. The molecule has 4 nitrogen and oxygen atoms in total. The molecule has 0 bridgehead atoms. The van der Waals surface area contributed by atoms with Gasteiger partial charge in [0.05, 0.1) is 0 Å². The Kier molecular flexibility index (Phi) is 3.22. The lowest BCUT2D eigenvalue weighted by atomic mass is 10.1. The van der Waals surface area contributed by atoms with Gasteiger partial charge in [-0.1, -0.05) is 12.1 Å². The molecule has 1 unspecified atom stereocenters. The molecule has 0 heterocycles. The average Bonchev–Trinajstić information content (AvgIpc) is 3.22. The minimum absolute atomic E-state index is 0.0801. The van der Waals surface area contributed by atoms with Crippen LogP contribution in [0.2, 0.25) is 0 Å². The van der Waals surface area contributed by atoms with Crippen LogP contribution in [0.5, 0.6) is 11.5 Å². The summed E-state index contributed by atoms with van der Waals surface area (Å²) in [6, 6.07) is 11.1. The van der Waals surface area contributed by atoms with Gasteiger partial charge in [0, 0.05) is 6.04 Å². The van der Waals surface area contributed by atoms with Gasteiger partial charge in [0.15, 0.2) is 6.10 Å². The highest BCUT2D eigenvalue weighted by Gasteiger charge is 2.26. The van der Waals surface area contributed by atoms with Gasteiger partial charge in [-0.05, 0) is 54.8 Å². The molecule has 3 rings (SSSR count). The lowest BCUT2D eigenvalue weighted by Gasteiger charge is -2.15. The van der Waals surface area contributed by atoms with Gasteiger partial charge < -0.3 is 15.2 Å². The lowest BCUT2D eigenvalue weighted by molar-refractivity contribution is -0.127. The van der Waals surface area contributed by atoms with Crippen LogP contribution < -0.4 is 10.1 Å². The van der Waals surface area contributed by atoms with Crippen LogP contribution >= 0.6 is 0 Å². The van der Waals surface area contributed by atoms with Crippen molar-refractivity contribution in [3.05, 3.63) is 36.4 Å². The first kappa shape index (κ1) is 12.8. The summed E-state index contributed by atoms with van der Waals surface area (Å²) in [4.78, 5) is 11.8. The molecular formula is C16H17NO3. The van der Waals surface area contributed by atoms with Gasteiger partial charge in [0.25, 0.3) is 5.91 Å². The van der Waals surface area contributed by atoms with Crippen molar-refractivity contribution < 1.29 is 14.6 Å². The van der Waals surface area contributed by atoms with Crippen molar-refractivity contribution in [3.63, 3.8) is 0 Å². The summed E-state index contributed by atoms with van der Waals surface area (Å²) in [5, 5.41) is 14.3. The van der Waals surface area contributed by atoms with Crippen LogP contribution in [0.25, 0.3) is 10.8 Å². The fraction of sp³-hybridized carbons (Fsp3) is 0.312. The summed E-state index contributed by atoms with van der Waals surface area (Å²) in [5.41, 5.74) is 0. The molecule has 2 N–H and O–H groups in total. The molecule has 0 aromatic heterocycles. The summed E-state index contributed by atoms with van der Waals surface area (Å²) < 4.78 is 5.66. The van der Waals surface area contributed by atoms with Crippen molar-refractivity contribution in [3.8, 4) is 11.5 Å². The molecule has 20 heavy (non-hydrogen) atoms. The number of carbonyl (C=O) groups excluding carboxylic acids is 1. The summed E-state index contributed by atoms with van der Waals surface area (Å²) in [6.45, 7) is 1.74. The Morgan fingerprint density at radius 2 is 2.00 bits per heavy atom. The maximum Gasteiger partial charge on any atom is 0.260 e. The van der Waals surface area contributed by atoms with Gasteiger partial charge in [0.1, 0.15) is 11.5 Å². The maximum atomic E-state index is 11.8. The van der Waals surface area contributed by atoms with Crippen molar-refractivity contribution in [1.29, 1.82) is 0 Å². The number of nitrogens with one attached hydrogen (secondary N) is 1. The zero-order valence-electron chi connectivity index (χ0n) is 11.3. The second kappa shape index (κ2) is 5.04. The van der Waals surface area contributed by atoms with E-state index in [0.717, 1.165) is 23.6 Å². The molecular weight excluding hydrogens is 254 g/mol. The molecule has 0 spiro atoms. The fourth-order valence-corrected chi connectivity index (χ4v) is 2.09. The van der Waals surface area contributed by atoms with E-state index < -0.39 is 6.10 Å². The van der Waals surface area contributed by atoms with Crippen LogP contribution in [0.1, 0.15) is 19.8 Å². The van der Waals surface area contributed by atoms with Crippen LogP contribution in [0, 0.1) is 0 Å². The topological polar surface area (TPSA) is 58.6 Å². The molecule has 2 aromatic rings. The minimum Gasteiger partial charge on any atom is -0.508 e. The van der Waals surface area contributed by atoms with Crippen molar-refractivity contribution in [2.24, 2.45) is 0 Å². The zero-order chi connectivity index (χ0) is 14.1. The van der Waals surface area contributed by atoms with Gasteiger partial charge in [0.2, 0.25) is 0 Å². The average molecular weight is 271 g/mol.